The van der Waals surface area contributed by atoms with Gasteiger partial charge in [0, 0.05) is 12.0 Å². The molecule has 0 N–H and O–H groups in total. The molecular formula is C29H44O2. The number of hydrogen-bond acceptors (Lipinski definition) is 2. The molecule has 0 amide bonds. The molecule has 2 nitrogen and oxygen atoms in total. The molecule has 2 rings (SSSR count). The van der Waals surface area contributed by atoms with Gasteiger partial charge in [-0.25, -0.2) is 0 Å². The van der Waals surface area contributed by atoms with Crippen LogP contribution in [-0.2, 0) is 6.42 Å². The highest BCUT2D eigenvalue weighted by molar-refractivity contribution is 5.47. The SMILES string of the molecule is Cc1cccc(OC(C(C)C)C(C)C)c1Cc1cccc(OC(C(C)C)C(C)C)c1C. The Morgan fingerprint density at radius 3 is 1.58 bits per heavy atom. The average molecular weight is 425 g/mol. The second-order valence-corrected chi connectivity index (χ2v) is 10.4. The summed E-state index contributed by atoms with van der Waals surface area (Å²) in [6.45, 7) is 22.3. The van der Waals surface area contributed by atoms with E-state index in [4.69, 9.17) is 9.47 Å². The molecule has 0 radical (unpaired) electrons. The van der Waals surface area contributed by atoms with E-state index in [1.807, 2.05) is 0 Å². The molecule has 2 aromatic rings. The van der Waals surface area contributed by atoms with Crippen LogP contribution in [0.3, 0.4) is 0 Å². The Morgan fingerprint density at radius 1 is 0.613 bits per heavy atom. The minimum absolute atomic E-state index is 0.203. The average Bonchev–Trinajstić information content (AvgIpc) is 2.67. The molecular weight excluding hydrogens is 380 g/mol. The lowest BCUT2D eigenvalue weighted by atomic mass is 9.94. The molecule has 0 heterocycles. The lowest BCUT2D eigenvalue weighted by molar-refractivity contribution is 0.103. The zero-order valence-corrected chi connectivity index (χ0v) is 21.5. The van der Waals surface area contributed by atoms with Crippen LogP contribution in [0, 0.1) is 37.5 Å². The van der Waals surface area contributed by atoms with Crippen LogP contribution in [0.1, 0.15) is 77.6 Å². The Bertz CT molecular complexity index is 817. The summed E-state index contributed by atoms with van der Waals surface area (Å²) in [5, 5.41) is 0. The van der Waals surface area contributed by atoms with Crippen molar-refractivity contribution in [2.75, 3.05) is 0 Å². The van der Waals surface area contributed by atoms with Gasteiger partial charge in [-0.15, -0.1) is 0 Å². The molecule has 0 saturated carbocycles. The largest absolute Gasteiger partial charge is 0.490 e. The molecule has 0 aliphatic heterocycles. The second-order valence-electron chi connectivity index (χ2n) is 10.4. The van der Waals surface area contributed by atoms with Gasteiger partial charge in [0.05, 0.1) is 0 Å². The fraction of sp³-hybridized carbons (Fsp3) is 0.586. The van der Waals surface area contributed by atoms with Crippen LogP contribution < -0.4 is 9.47 Å². The number of hydrogen-bond donors (Lipinski definition) is 0. The van der Waals surface area contributed by atoms with Gasteiger partial charge in [0.1, 0.15) is 23.7 Å². The first-order chi connectivity index (χ1) is 14.5. The predicted octanol–water partition coefficient (Wildman–Crippen LogP) is 8.01. The van der Waals surface area contributed by atoms with Gasteiger partial charge in [-0.1, -0.05) is 79.7 Å². The van der Waals surface area contributed by atoms with E-state index in [0.29, 0.717) is 23.7 Å². The molecule has 2 heteroatoms. The first kappa shape index (κ1) is 25.3. The summed E-state index contributed by atoms with van der Waals surface area (Å²) >= 11 is 0. The first-order valence-electron chi connectivity index (χ1n) is 12.0. The van der Waals surface area contributed by atoms with E-state index >= 15 is 0 Å². The van der Waals surface area contributed by atoms with Crippen LogP contribution >= 0.6 is 0 Å². The van der Waals surface area contributed by atoms with E-state index in [1.165, 1.54) is 22.3 Å². The molecule has 0 fully saturated rings. The quantitative estimate of drug-likeness (QED) is 0.384. The van der Waals surface area contributed by atoms with Gasteiger partial charge < -0.3 is 9.47 Å². The molecule has 2 aromatic carbocycles. The molecule has 31 heavy (non-hydrogen) atoms. The predicted molar refractivity (Wildman–Crippen MR) is 133 cm³/mol. The Balaban J connectivity index is 2.37. The van der Waals surface area contributed by atoms with Crippen molar-refractivity contribution in [3.8, 4) is 11.5 Å². The van der Waals surface area contributed by atoms with Crippen LogP contribution in [0.15, 0.2) is 36.4 Å². The summed E-state index contributed by atoms with van der Waals surface area (Å²) in [6.07, 6.45) is 1.26. The van der Waals surface area contributed by atoms with E-state index in [1.54, 1.807) is 0 Å². The number of ether oxygens (including phenoxy) is 2. The van der Waals surface area contributed by atoms with Gasteiger partial charge in [-0.3, -0.25) is 0 Å². The van der Waals surface area contributed by atoms with Gasteiger partial charge >= 0.3 is 0 Å². The molecule has 0 unspecified atom stereocenters. The van der Waals surface area contributed by atoms with Gasteiger partial charge in [0.25, 0.3) is 0 Å². The third kappa shape index (κ3) is 6.51. The van der Waals surface area contributed by atoms with Crippen molar-refractivity contribution < 1.29 is 9.47 Å². The third-order valence-electron chi connectivity index (χ3n) is 6.29. The maximum atomic E-state index is 6.59. The highest BCUT2D eigenvalue weighted by Crippen LogP contribution is 2.32. The standard InChI is InChI=1S/C29H44O2/c1-18(2)28(19(3)4)30-26-15-12-14-24(23(26)10)17-25-22(9)13-11-16-27(25)31-29(20(5)6)21(7)8/h11-16,18-21,28-29H,17H2,1-10H3. The molecule has 0 aromatic heterocycles. The summed E-state index contributed by atoms with van der Waals surface area (Å²) in [5.74, 6) is 3.90. The Kier molecular flexibility index (Phi) is 9.03. The summed E-state index contributed by atoms with van der Waals surface area (Å²) in [6, 6.07) is 12.9. The van der Waals surface area contributed by atoms with Crippen molar-refractivity contribution in [2.45, 2.75) is 87.9 Å². The molecule has 0 spiro atoms. The Hall–Kier alpha value is -1.96. The van der Waals surface area contributed by atoms with Crippen molar-refractivity contribution in [3.63, 3.8) is 0 Å². The zero-order valence-electron chi connectivity index (χ0n) is 21.5. The lowest BCUT2D eigenvalue weighted by Gasteiger charge is -2.28. The fourth-order valence-corrected chi connectivity index (χ4v) is 4.56. The first-order valence-corrected chi connectivity index (χ1v) is 12.0. The summed E-state index contributed by atoms with van der Waals surface area (Å²) < 4.78 is 13.1. The van der Waals surface area contributed by atoms with E-state index in [9.17, 15) is 0 Å². The molecule has 0 saturated heterocycles. The van der Waals surface area contributed by atoms with E-state index < -0.39 is 0 Å². The van der Waals surface area contributed by atoms with E-state index in [0.717, 1.165) is 17.9 Å². The summed E-state index contributed by atoms with van der Waals surface area (Å²) in [7, 11) is 0. The number of aryl methyl sites for hydroxylation is 1. The molecule has 172 valence electrons. The number of rotatable bonds is 10. The van der Waals surface area contributed by atoms with Crippen molar-refractivity contribution in [2.24, 2.45) is 23.7 Å². The van der Waals surface area contributed by atoms with Gasteiger partial charge in [-0.2, -0.15) is 0 Å². The van der Waals surface area contributed by atoms with Gasteiger partial charge in [0.15, 0.2) is 0 Å². The maximum Gasteiger partial charge on any atom is 0.123 e. The number of benzene rings is 2. The Morgan fingerprint density at radius 2 is 1.06 bits per heavy atom. The van der Waals surface area contributed by atoms with Gasteiger partial charge in [0.2, 0.25) is 0 Å². The topological polar surface area (TPSA) is 18.5 Å². The van der Waals surface area contributed by atoms with Crippen LogP contribution in [0.2, 0.25) is 0 Å². The minimum Gasteiger partial charge on any atom is -0.490 e. The van der Waals surface area contributed by atoms with Crippen LogP contribution in [0.4, 0.5) is 0 Å². The minimum atomic E-state index is 0.203. The van der Waals surface area contributed by atoms with Crippen LogP contribution in [0.5, 0.6) is 11.5 Å². The maximum absolute atomic E-state index is 6.59. The fourth-order valence-electron chi connectivity index (χ4n) is 4.56. The van der Waals surface area contributed by atoms with Crippen molar-refractivity contribution in [3.05, 3.63) is 58.7 Å². The normalized spacial score (nSPS) is 12.1. The van der Waals surface area contributed by atoms with E-state index in [2.05, 4.69) is 106 Å². The van der Waals surface area contributed by atoms with Crippen LogP contribution in [-0.4, -0.2) is 12.2 Å². The Labute approximate surface area is 191 Å². The van der Waals surface area contributed by atoms with Crippen molar-refractivity contribution >= 4 is 0 Å². The summed E-state index contributed by atoms with van der Waals surface area (Å²) in [5.41, 5.74) is 5.08. The van der Waals surface area contributed by atoms with E-state index in [-0.39, 0.29) is 12.2 Å². The summed E-state index contributed by atoms with van der Waals surface area (Å²) in [4.78, 5) is 0. The van der Waals surface area contributed by atoms with Crippen molar-refractivity contribution in [1.82, 2.24) is 0 Å². The highest BCUT2D eigenvalue weighted by Gasteiger charge is 2.23. The molecule has 0 atom stereocenters. The smallest absolute Gasteiger partial charge is 0.123 e. The van der Waals surface area contributed by atoms with Gasteiger partial charge in [-0.05, 0) is 66.3 Å². The monoisotopic (exact) mass is 424 g/mol. The molecule has 0 aliphatic carbocycles. The van der Waals surface area contributed by atoms with Crippen LogP contribution in [0.25, 0.3) is 0 Å². The zero-order chi connectivity index (χ0) is 23.3. The van der Waals surface area contributed by atoms with Crippen molar-refractivity contribution in [1.29, 1.82) is 0 Å². The molecule has 0 aliphatic rings. The third-order valence-corrected chi connectivity index (χ3v) is 6.29. The lowest BCUT2D eigenvalue weighted by Crippen LogP contribution is -2.29. The second kappa shape index (κ2) is 11.1. The molecule has 0 bridgehead atoms. The highest BCUT2D eigenvalue weighted by atomic mass is 16.5.